The number of amides is 1. The Bertz CT molecular complexity index is 802. The number of carbonyl (C=O) groups is 1. The number of carbonyl (C=O) groups excluding carboxylic acids is 1. The van der Waals surface area contributed by atoms with E-state index in [1.165, 1.54) is 6.20 Å². The largest absolute Gasteiger partial charge is 0.352 e. The van der Waals surface area contributed by atoms with E-state index in [2.05, 4.69) is 20.4 Å². The summed E-state index contributed by atoms with van der Waals surface area (Å²) in [7, 11) is 0. The molecule has 0 aliphatic rings. The molecule has 25 heavy (non-hydrogen) atoms. The van der Waals surface area contributed by atoms with Crippen LogP contribution in [0, 0.1) is 0 Å². The maximum atomic E-state index is 11.9. The van der Waals surface area contributed by atoms with Crippen LogP contribution in [0.25, 0.3) is 10.7 Å². The molecule has 0 aliphatic heterocycles. The molecule has 0 saturated carbocycles. The van der Waals surface area contributed by atoms with E-state index in [0.29, 0.717) is 29.0 Å². The van der Waals surface area contributed by atoms with Gasteiger partial charge in [-0.05, 0) is 36.4 Å². The van der Waals surface area contributed by atoms with Gasteiger partial charge >= 0.3 is 0 Å². The smallest absolute Gasteiger partial charge is 0.252 e. The third kappa shape index (κ3) is 5.11. The molecular weight excluding hydrogens is 360 g/mol. The van der Waals surface area contributed by atoms with Crippen molar-refractivity contribution in [2.75, 3.05) is 6.54 Å². The molecule has 0 unspecified atom stereocenters. The molecule has 1 N–H and O–H groups in total. The first kappa shape index (κ1) is 17.6. The van der Waals surface area contributed by atoms with Gasteiger partial charge in [-0.3, -0.25) is 4.79 Å². The first-order valence-corrected chi connectivity index (χ1v) is 9.24. The average molecular weight is 377 g/mol. The molecule has 0 atom stereocenters. The highest BCUT2D eigenvalue weighted by molar-refractivity contribution is 7.13. The fourth-order valence-electron chi connectivity index (χ4n) is 2.25. The number of rotatable bonds is 8. The Morgan fingerprint density at radius 3 is 2.92 bits per heavy atom. The van der Waals surface area contributed by atoms with Crippen LogP contribution in [0.2, 0.25) is 5.15 Å². The number of aromatic nitrogens is 3. The number of hydrogen-bond donors (Lipinski definition) is 1. The number of nitrogens with one attached hydrogen (secondary N) is 1. The predicted molar refractivity (Wildman–Crippen MR) is 96.7 cm³/mol. The van der Waals surface area contributed by atoms with Gasteiger partial charge in [0.2, 0.25) is 11.7 Å². The highest BCUT2D eigenvalue weighted by atomic mass is 35.5. The van der Waals surface area contributed by atoms with E-state index in [9.17, 15) is 4.79 Å². The minimum atomic E-state index is -0.137. The predicted octanol–water partition coefficient (Wildman–Crippen LogP) is 3.99. The van der Waals surface area contributed by atoms with Gasteiger partial charge in [0.05, 0.1) is 10.4 Å². The van der Waals surface area contributed by atoms with Crippen molar-refractivity contribution >= 4 is 28.8 Å². The fourth-order valence-corrected chi connectivity index (χ4v) is 3.02. The molecule has 3 aromatic heterocycles. The fraction of sp³-hybridized carbons (Fsp3) is 0.294. The Kier molecular flexibility index (Phi) is 6.14. The van der Waals surface area contributed by atoms with Crippen molar-refractivity contribution in [1.29, 1.82) is 0 Å². The van der Waals surface area contributed by atoms with Gasteiger partial charge in [0.15, 0.2) is 0 Å². The van der Waals surface area contributed by atoms with Crippen molar-refractivity contribution in [2.45, 2.75) is 25.7 Å². The lowest BCUT2D eigenvalue weighted by Crippen LogP contribution is -2.24. The molecule has 3 rings (SSSR count). The molecule has 0 spiro atoms. The molecule has 0 bridgehead atoms. The first-order valence-electron chi connectivity index (χ1n) is 7.98. The number of halogens is 1. The molecular formula is C17H17ClN4O2S. The van der Waals surface area contributed by atoms with Crippen molar-refractivity contribution in [3.63, 3.8) is 0 Å². The maximum Gasteiger partial charge on any atom is 0.252 e. The Labute approximate surface area is 154 Å². The summed E-state index contributed by atoms with van der Waals surface area (Å²) in [5, 5.41) is 9.22. The molecule has 0 aromatic carbocycles. The Balaban J connectivity index is 1.32. The maximum absolute atomic E-state index is 11.9. The zero-order valence-corrected chi connectivity index (χ0v) is 15.0. The number of thiophene rings is 1. The summed E-state index contributed by atoms with van der Waals surface area (Å²) in [5.74, 6) is 1.16. The Hall–Kier alpha value is -2.25. The van der Waals surface area contributed by atoms with Crippen molar-refractivity contribution in [3.8, 4) is 10.7 Å². The zero-order chi connectivity index (χ0) is 17.5. The monoisotopic (exact) mass is 376 g/mol. The van der Waals surface area contributed by atoms with Gasteiger partial charge in [-0.2, -0.15) is 4.98 Å². The normalized spacial score (nSPS) is 10.8. The van der Waals surface area contributed by atoms with Crippen molar-refractivity contribution in [3.05, 3.63) is 52.4 Å². The quantitative estimate of drug-likeness (QED) is 0.475. The van der Waals surface area contributed by atoms with E-state index < -0.39 is 0 Å². The van der Waals surface area contributed by atoms with Gasteiger partial charge in [-0.25, -0.2) is 4.98 Å². The minimum Gasteiger partial charge on any atom is -0.352 e. The number of hydrogen-bond acceptors (Lipinski definition) is 6. The molecule has 3 heterocycles. The number of pyridine rings is 1. The molecule has 6 nitrogen and oxygen atoms in total. The van der Waals surface area contributed by atoms with Gasteiger partial charge in [0, 0.05) is 19.2 Å². The summed E-state index contributed by atoms with van der Waals surface area (Å²) in [4.78, 5) is 21.2. The molecule has 1 amide bonds. The summed E-state index contributed by atoms with van der Waals surface area (Å²) in [6.07, 6.45) is 5.00. The third-order valence-corrected chi connectivity index (χ3v) is 4.64. The van der Waals surface area contributed by atoms with E-state index >= 15 is 0 Å². The third-order valence-electron chi connectivity index (χ3n) is 3.55. The van der Waals surface area contributed by atoms with Crippen LogP contribution < -0.4 is 5.32 Å². The average Bonchev–Trinajstić information content (AvgIpc) is 3.29. The van der Waals surface area contributed by atoms with Crippen LogP contribution in [0.3, 0.4) is 0 Å². The summed E-state index contributed by atoms with van der Waals surface area (Å²) in [5.41, 5.74) is 0.511. The van der Waals surface area contributed by atoms with E-state index in [1.807, 2.05) is 17.5 Å². The standard InChI is InChI=1S/C17H17ClN4O2S/c18-14-8-7-12(11-20-14)17(23)19-9-3-1-2-6-15-21-16(22-24-15)13-5-4-10-25-13/h4-5,7-8,10-11H,1-3,6,9H2,(H,19,23). The van der Waals surface area contributed by atoms with Crippen LogP contribution >= 0.6 is 22.9 Å². The molecule has 0 fully saturated rings. The second-order valence-electron chi connectivity index (χ2n) is 5.43. The summed E-state index contributed by atoms with van der Waals surface area (Å²) in [6, 6.07) is 7.19. The lowest BCUT2D eigenvalue weighted by molar-refractivity contribution is 0.0952. The van der Waals surface area contributed by atoms with Crippen LogP contribution in [0.5, 0.6) is 0 Å². The molecule has 0 saturated heterocycles. The van der Waals surface area contributed by atoms with E-state index in [-0.39, 0.29) is 5.91 Å². The number of unbranched alkanes of at least 4 members (excludes halogenated alkanes) is 2. The van der Waals surface area contributed by atoms with Gasteiger partial charge in [0.25, 0.3) is 5.91 Å². The second-order valence-corrected chi connectivity index (χ2v) is 6.76. The SMILES string of the molecule is O=C(NCCCCCc1nc(-c2cccs2)no1)c1ccc(Cl)nc1. The van der Waals surface area contributed by atoms with Gasteiger partial charge in [0.1, 0.15) is 5.15 Å². The lowest BCUT2D eigenvalue weighted by atomic mass is 10.2. The van der Waals surface area contributed by atoms with Crippen LogP contribution in [0.4, 0.5) is 0 Å². The summed E-state index contributed by atoms with van der Waals surface area (Å²) < 4.78 is 5.26. The van der Waals surface area contributed by atoms with Crippen LogP contribution in [-0.2, 0) is 6.42 Å². The highest BCUT2D eigenvalue weighted by Gasteiger charge is 2.09. The highest BCUT2D eigenvalue weighted by Crippen LogP contribution is 2.21. The summed E-state index contributed by atoms with van der Waals surface area (Å²) in [6.45, 7) is 0.617. The second kappa shape index (κ2) is 8.73. The van der Waals surface area contributed by atoms with E-state index in [1.54, 1.807) is 23.5 Å². The molecule has 8 heteroatoms. The summed E-state index contributed by atoms with van der Waals surface area (Å²) >= 11 is 7.29. The van der Waals surface area contributed by atoms with Crippen molar-refractivity contribution in [2.24, 2.45) is 0 Å². The van der Waals surface area contributed by atoms with Crippen molar-refractivity contribution in [1.82, 2.24) is 20.4 Å². The molecule has 130 valence electrons. The van der Waals surface area contributed by atoms with Crippen LogP contribution in [0.1, 0.15) is 35.5 Å². The topological polar surface area (TPSA) is 80.9 Å². The molecule has 3 aromatic rings. The Morgan fingerprint density at radius 1 is 1.24 bits per heavy atom. The number of aryl methyl sites for hydroxylation is 1. The van der Waals surface area contributed by atoms with Gasteiger partial charge in [-0.1, -0.05) is 29.2 Å². The van der Waals surface area contributed by atoms with Crippen molar-refractivity contribution < 1.29 is 9.32 Å². The van der Waals surface area contributed by atoms with E-state index in [4.69, 9.17) is 16.1 Å². The van der Waals surface area contributed by atoms with E-state index in [0.717, 1.165) is 30.6 Å². The zero-order valence-electron chi connectivity index (χ0n) is 13.4. The molecule has 0 radical (unpaired) electrons. The minimum absolute atomic E-state index is 0.137. The number of nitrogens with zero attached hydrogens (tertiary/aromatic N) is 3. The van der Waals surface area contributed by atoms with Crippen LogP contribution in [-0.4, -0.2) is 27.6 Å². The van der Waals surface area contributed by atoms with Crippen LogP contribution in [0.15, 0.2) is 40.4 Å². The first-order chi connectivity index (χ1) is 12.2. The van der Waals surface area contributed by atoms with Gasteiger partial charge < -0.3 is 9.84 Å². The molecule has 0 aliphatic carbocycles. The Morgan fingerprint density at radius 2 is 2.16 bits per heavy atom. The lowest BCUT2D eigenvalue weighted by Gasteiger charge is -2.04. The van der Waals surface area contributed by atoms with Gasteiger partial charge in [-0.15, -0.1) is 11.3 Å².